The van der Waals surface area contributed by atoms with E-state index in [1.54, 1.807) is 11.9 Å². The molecule has 190 valence electrons. The van der Waals surface area contributed by atoms with Crippen molar-refractivity contribution in [1.29, 1.82) is 0 Å². The molecule has 1 fully saturated rings. The van der Waals surface area contributed by atoms with E-state index < -0.39 is 16.2 Å². The molecule has 10 heteroatoms. The van der Waals surface area contributed by atoms with Gasteiger partial charge in [0.1, 0.15) is 10.7 Å². The number of hydrogen-bond donors (Lipinski definition) is 2. The number of benzene rings is 1. The Bertz CT molecular complexity index is 1090. The van der Waals surface area contributed by atoms with Crippen LogP contribution >= 0.6 is 11.6 Å². The molecule has 1 amide bonds. The van der Waals surface area contributed by atoms with Crippen LogP contribution < -0.4 is 10.2 Å². The van der Waals surface area contributed by atoms with Gasteiger partial charge < -0.3 is 20.2 Å². The molecule has 0 radical (unpaired) electrons. The van der Waals surface area contributed by atoms with Crippen LogP contribution in [0.2, 0.25) is 5.02 Å². The molecule has 2 aromatic rings. The highest BCUT2D eigenvalue weighted by Crippen LogP contribution is 2.34. The van der Waals surface area contributed by atoms with Crippen molar-refractivity contribution < 1.29 is 14.1 Å². The topological polar surface area (TPSA) is 98.7 Å². The quantitative estimate of drug-likeness (QED) is 0.525. The first-order valence-corrected chi connectivity index (χ1v) is 13.8. The third-order valence-corrected chi connectivity index (χ3v) is 9.06. The van der Waals surface area contributed by atoms with Crippen molar-refractivity contribution in [2.45, 2.75) is 55.4 Å². The number of carbonyl (C=O) groups is 1. The lowest BCUT2D eigenvalue weighted by Gasteiger charge is -2.33. The highest BCUT2D eigenvalue weighted by atomic mass is 35.5. The number of aryl methyl sites for hydroxylation is 1. The van der Waals surface area contributed by atoms with Crippen molar-refractivity contribution >= 4 is 40.1 Å². The predicted molar refractivity (Wildman–Crippen MR) is 140 cm³/mol. The highest BCUT2D eigenvalue weighted by Gasteiger charge is 2.32. The molecule has 0 saturated carbocycles. The van der Waals surface area contributed by atoms with E-state index in [-0.39, 0.29) is 18.6 Å². The van der Waals surface area contributed by atoms with Crippen LogP contribution in [0.3, 0.4) is 0 Å². The number of anilines is 2. The zero-order chi connectivity index (χ0) is 25.2. The Hall–Kier alpha value is -2.23. The molecule has 35 heavy (non-hydrogen) atoms. The van der Waals surface area contributed by atoms with Crippen molar-refractivity contribution in [2.75, 3.05) is 49.8 Å². The molecule has 1 aromatic carbocycles. The molecule has 3 heterocycles. The minimum absolute atomic E-state index is 0.0315. The Morgan fingerprint density at radius 1 is 1.29 bits per heavy atom. The van der Waals surface area contributed by atoms with Crippen molar-refractivity contribution in [1.82, 2.24) is 14.9 Å². The van der Waals surface area contributed by atoms with Crippen LogP contribution in [0.5, 0.6) is 0 Å². The summed E-state index contributed by atoms with van der Waals surface area (Å²) in [6.45, 7) is 3.34. The number of amides is 1. The van der Waals surface area contributed by atoms with Crippen molar-refractivity contribution in [2.24, 2.45) is 0 Å². The lowest BCUT2D eigenvalue weighted by molar-refractivity contribution is -0.132. The standard InChI is InChI=1S/C25H34ClN5O3S/c1-4-25(16-32,17-5-7-18(26)8-6-17)12-13-30(2)24-28-20-11-14-35(34)22(20)23(29-24)27-19-9-10-21(33)31(3)15-19/h5-8,19,32H,4,9-16H2,1-3H3,(H,27,28,29)/t19-,25?,35?/m0/s1. The Morgan fingerprint density at radius 3 is 2.69 bits per heavy atom. The number of likely N-dealkylation sites (N-methyl/N-ethyl adjacent to an activating group) is 1. The Balaban J connectivity index is 1.55. The van der Waals surface area contributed by atoms with Crippen LogP contribution in [-0.2, 0) is 27.4 Å². The average molecular weight is 520 g/mol. The Morgan fingerprint density at radius 2 is 2.03 bits per heavy atom. The maximum absolute atomic E-state index is 12.7. The Labute approximate surface area is 214 Å². The lowest BCUT2D eigenvalue weighted by atomic mass is 9.76. The number of halogens is 1. The van der Waals surface area contributed by atoms with E-state index >= 15 is 0 Å². The summed E-state index contributed by atoms with van der Waals surface area (Å²) >= 11 is 6.08. The summed E-state index contributed by atoms with van der Waals surface area (Å²) in [4.78, 5) is 25.9. The number of rotatable bonds is 9. The molecule has 3 atom stereocenters. The van der Waals surface area contributed by atoms with Crippen molar-refractivity contribution in [3.05, 3.63) is 40.5 Å². The van der Waals surface area contributed by atoms with Gasteiger partial charge in [0.25, 0.3) is 0 Å². The fraction of sp³-hybridized carbons (Fsp3) is 0.560. The van der Waals surface area contributed by atoms with Crippen molar-refractivity contribution in [3.63, 3.8) is 0 Å². The fourth-order valence-electron chi connectivity index (χ4n) is 4.87. The second-order valence-corrected chi connectivity index (χ2v) is 11.5. The number of nitrogens with one attached hydrogen (secondary N) is 1. The van der Waals surface area contributed by atoms with E-state index in [0.717, 1.165) is 24.1 Å². The first-order chi connectivity index (χ1) is 16.8. The summed E-state index contributed by atoms with van der Waals surface area (Å²) in [5.74, 6) is 1.88. The van der Waals surface area contributed by atoms with Crippen LogP contribution in [0.1, 0.15) is 43.9 Å². The normalized spacial score (nSPS) is 21.5. The molecule has 2 unspecified atom stereocenters. The van der Waals surface area contributed by atoms with Gasteiger partial charge >= 0.3 is 0 Å². The monoisotopic (exact) mass is 519 g/mol. The number of aromatic nitrogens is 2. The number of aliphatic hydroxyl groups is 1. The third-order valence-electron chi connectivity index (χ3n) is 7.35. The molecular formula is C25H34ClN5O3S. The molecule has 1 aromatic heterocycles. The van der Waals surface area contributed by atoms with Gasteiger partial charge in [0, 0.05) is 62.3 Å². The highest BCUT2D eigenvalue weighted by molar-refractivity contribution is 7.85. The average Bonchev–Trinajstić information content (AvgIpc) is 3.24. The van der Waals surface area contributed by atoms with Crippen molar-refractivity contribution in [3.8, 4) is 0 Å². The van der Waals surface area contributed by atoms with E-state index in [0.29, 0.717) is 59.8 Å². The maximum Gasteiger partial charge on any atom is 0.227 e. The van der Waals surface area contributed by atoms with Gasteiger partial charge in [-0.2, -0.15) is 4.98 Å². The van der Waals surface area contributed by atoms with Crippen LogP contribution in [0.4, 0.5) is 11.8 Å². The zero-order valence-electron chi connectivity index (χ0n) is 20.6. The summed E-state index contributed by atoms with van der Waals surface area (Å²) in [6, 6.07) is 7.74. The minimum atomic E-state index is -1.13. The van der Waals surface area contributed by atoms with E-state index in [4.69, 9.17) is 21.6 Å². The summed E-state index contributed by atoms with van der Waals surface area (Å²) in [5.41, 5.74) is 1.49. The zero-order valence-corrected chi connectivity index (χ0v) is 22.2. The van der Waals surface area contributed by atoms with Gasteiger partial charge in [0.05, 0.1) is 23.1 Å². The molecule has 2 N–H and O–H groups in total. The predicted octanol–water partition coefficient (Wildman–Crippen LogP) is 2.99. The van der Waals surface area contributed by atoms with Gasteiger partial charge in [-0.15, -0.1) is 0 Å². The fourth-order valence-corrected chi connectivity index (χ4v) is 6.31. The van der Waals surface area contributed by atoms with E-state index in [1.165, 1.54) is 0 Å². The number of aliphatic hydroxyl groups excluding tert-OH is 1. The smallest absolute Gasteiger partial charge is 0.227 e. The molecule has 0 bridgehead atoms. The first-order valence-electron chi connectivity index (χ1n) is 12.1. The van der Waals surface area contributed by atoms with E-state index in [2.05, 4.69) is 12.2 Å². The van der Waals surface area contributed by atoms with Gasteiger partial charge in [0.2, 0.25) is 11.9 Å². The molecule has 0 spiro atoms. The SMILES string of the molecule is CCC(CO)(CCN(C)c1nc2c(c(N[C@H]3CCC(=O)N(C)C3)n1)S(=O)CC2)c1ccc(Cl)cc1. The lowest BCUT2D eigenvalue weighted by Crippen LogP contribution is -2.43. The van der Waals surface area contributed by atoms with Gasteiger partial charge in [0.15, 0.2) is 0 Å². The number of fused-ring (bicyclic) bond motifs is 1. The van der Waals surface area contributed by atoms with E-state index in [1.807, 2.05) is 36.2 Å². The molecule has 2 aliphatic rings. The molecule has 0 aliphatic carbocycles. The summed E-state index contributed by atoms with van der Waals surface area (Å²) in [6.07, 6.45) is 3.36. The first kappa shape index (κ1) is 25.9. The summed E-state index contributed by atoms with van der Waals surface area (Å²) < 4.78 is 12.7. The number of piperidine rings is 1. The van der Waals surface area contributed by atoms with Crippen LogP contribution in [0.15, 0.2) is 29.2 Å². The number of nitrogens with zero attached hydrogens (tertiary/aromatic N) is 4. The number of carbonyl (C=O) groups excluding carboxylic acids is 1. The van der Waals surface area contributed by atoms with Crippen LogP contribution in [0, 0.1) is 0 Å². The summed E-state index contributed by atoms with van der Waals surface area (Å²) in [7, 11) is 2.62. The van der Waals surface area contributed by atoms with Gasteiger partial charge in [-0.1, -0.05) is 30.7 Å². The van der Waals surface area contributed by atoms with Crippen LogP contribution in [-0.4, -0.2) is 75.7 Å². The molecule has 8 nitrogen and oxygen atoms in total. The molecule has 1 saturated heterocycles. The molecular weight excluding hydrogens is 486 g/mol. The second-order valence-electron chi connectivity index (χ2n) is 9.57. The minimum Gasteiger partial charge on any atom is -0.395 e. The van der Waals surface area contributed by atoms with E-state index in [9.17, 15) is 14.1 Å². The largest absolute Gasteiger partial charge is 0.395 e. The van der Waals surface area contributed by atoms with Gasteiger partial charge in [-0.25, -0.2) is 4.98 Å². The van der Waals surface area contributed by atoms with Crippen LogP contribution in [0.25, 0.3) is 0 Å². The number of likely N-dealkylation sites (tertiary alicyclic amines) is 1. The van der Waals surface area contributed by atoms with Gasteiger partial charge in [-0.05, 0) is 37.0 Å². The second kappa shape index (κ2) is 10.8. The number of hydrogen-bond acceptors (Lipinski definition) is 7. The maximum atomic E-state index is 12.7. The molecule has 4 rings (SSSR count). The molecule has 2 aliphatic heterocycles. The third kappa shape index (κ3) is 5.47. The Kier molecular flexibility index (Phi) is 7.98. The summed E-state index contributed by atoms with van der Waals surface area (Å²) in [5, 5.41) is 14.5. The van der Waals surface area contributed by atoms with Gasteiger partial charge in [-0.3, -0.25) is 9.00 Å².